The van der Waals surface area contributed by atoms with Crippen LogP contribution in [0.25, 0.3) is 11.1 Å². The highest BCUT2D eigenvalue weighted by atomic mass is 16.7. The normalized spacial score (nSPS) is 13.5. The Kier molecular flexibility index (Phi) is 5.82. The summed E-state index contributed by atoms with van der Waals surface area (Å²) in [7, 11) is 1.65. The minimum Gasteiger partial charge on any atom is -0.468 e. The highest BCUT2D eigenvalue weighted by Gasteiger charge is 2.13. The molecular formula is C19H22N2O3. The molecule has 0 unspecified atom stereocenters. The van der Waals surface area contributed by atoms with E-state index < -0.39 is 0 Å². The van der Waals surface area contributed by atoms with Gasteiger partial charge < -0.3 is 19.5 Å². The van der Waals surface area contributed by atoms with Gasteiger partial charge in [-0.25, -0.2) is 0 Å². The molecule has 0 spiro atoms. The van der Waals surface area contributed by atoms with Crippen LogP contribution in [0.15, 0.2) is 53.5 Å². The second kappa shape index (κ2) is 8.47. The molecule has 3 rings (SSSR count). The van der Waals surface area contributed by atoms with Crippen LogP contribution in [-0.4, -0.2) is 46.0 Å². The van der Waals surface area contributed by atoms with E-state index in [-0.39, 0.29) is 6.79 Å². The van der Waals surface area contributed by atoms with Crippen molar-refractivity contribution in [3.8, 4) is 16.9 Å². The molecule has 0 aromatic heterocycles. The number of rotatable bonds is 8. The number of amidine groups is 1. The van der Waals surface area contributed by atoms with Gasteiger partial charge >= 0.3 is 0 Å². The molecule has 0 radical (unpaired) electrons. The molecule has 0 bridgehead atoms. The maximum absolute atomic E-state index is 5.56. The highest BCUT2D eigenvalue weighted by molar-refractivity contribution is 6.05. The zero-order chi connectivity index (χ0) is 16.6. The van der Waals surface area contributed by atoms with Gasteiger partial charge in [0.15, 0.2) is 6.79 Å². The molecule has 5 nitrogen and oxygen atoms in total. The molecule has 1 aliphatic heterocycles. The lowest BCUT2D eigenvalue weighted by molar-refractivity contribution is -0.00846. The average Bonchev–Trinajstić information content (AvgIpc) is 3.17. The molecule has 0 saturated heterocycles. The van der Waals surface area contributed by atoms with Crippen molar-refractivity contribution in [2.24, 2.45) is 4.99 Å². The molecule has 2 aromatic carbocycles. The van der Waals surface area contributed by atoms with Gasteiger partial charge in [0, 0.05) is 19.2 Å². The Balaban J connectivity index is 1.68. The van der Waals surface area contributed by atoms with Crippen molar-refractivity contribution >= 4 is 5.84 Å². The van der Waals surface area contributed by atoms with Crippen LogP contribution in [0, 0.1) is 0 Å². The van der Waals surface area contributed by atoms with Gasteiger partial charge in [0.2, 0.25) is 0 Å². The summed E-state index contributed by atoms with van der Waals surface area (Å²) in [6, 6.07) is 16.3. The SMILES string of the molecule is COCCOCOc1ccc(-c2ccccc2C2=NCCN2)cc1. The molecule has 1 aliphatic rings. The first-order valence-electron chi connectivity index (χ1n) is 8.06. The van der Waals surface area contributed by atoms with Crippen LogP contribution in [0.3, 0.4) is 0 Å². The third kappa shape index (κ3) is 4.13. The van der Waals surface area contributed by atoms with Crippen molar-refractivity contribution in [2.75, 3.05) is 40.2 Å². The molecule has 0 saturated carbocycles. The molecule has 1 heterocycles. The fraction of sp³-hybridized carbons (Fsp3) is 0.316. The lowest BCUT2D eigenvalue weighted by atomic mass is 9.99. The van der Waals surface area contributed by atoms with Crippen LogP contribution in [-0.2, 0) is 9.47 Å². The number of hydrogen-bond acceptors (Lipinski definition) is 5. The summed E-state index contributed by atoms with van der Waals surface area (Å²) in [4.78, 5) is 4.53. The molecule has 2 aromatic rings. The predicted octanol–water partition coefficient (Wildman–Crippen LogP) is 2.70. The van der Waals surface area contributed by atoms with Crippen LogP contribution < -0.4 is 10.1 Å². The average molecular weight is 326 g/mol. The molecule has 126 valence electrons. The Hall–Kier alpha value is -2.37. The Labute approximate surface area is 142 Å². The van der Waals surface area contributed by atoms with E-state index in [1.165, 1.54) is 0 Å². The van der Waals surface area contributed by atoms with Crippen molar-refractivity contribution in [2.45, 2.75) is 0 Å². The van der Waals surface area contributed by atoms with Crippen molar-refractivity contribution in [3.05, 3.63) is 54.1 Å². The van der Waals surface area contributed by atoms with Crippen LogP contribution in [0.2, 0.25) is 0 Å². The topological polar surface area (TPSA) is 52.1 Å². The molecule has 0 aliphatic carbocycles. The van der Waals surface area contributed by atoms with Crippen molar-refractivity contribution in [1.29, 1.82) is 0 Å². The quantitative estimate of drug-likeness (QED) is 0.599. The Morgan fingerprint density at radius 1 is 1.00 bits per heavy atom. The first kappa shape index (κ1) is 16.5. The molecule has 5 heteroatoms. The van der Waals surface area contributed by atoms with Gasteiger partial charge in [0.05, 0.1) is 19.8 Å². The van der Waals surface area contributed by atoms with Crippen molar-refractivity contribution in [1.82, 2.24) is 5.32 Å². The van der Waals surface area contributed by atoms with Crippen molar-refractivity contribution < 1.29 is 14.2 Å². The van der Waals surface area contributed by atoms with Crippen LogP contribution in [0.4, 0.5) is 0 Å². The van der Waals surface area contributed by atoms with Gasteiger partial charge in [-0.15, -0.1) is 0 Å². The summed E-state index contributed by atoms with van der Waals surface area (Å²) in [6.07, 6.45) is 0. The van der Waals surface area contributed by atoms with E-state index >= 15 is 0 Å². The number of ether oxygens (including phenoxy) is 3. The van der Waals surface area contributed by atoms with Crippen LogP contribution >= 0.6 is 0 Å². The van der Waals surface area contributed by atoms with Crippen molar-refractivity contribution in [3.63, 3.8) is 0 Å². The smallest absolute Gasteiger partial charge is 0.189 e. The van der Waals surface area contributed by atoms with E-state index in [0.717, 1.165) is 41.4 Å². The van der Waals surface area contributed by atoms with E-state index in [0.29, 0.717) is 13.2 Å². The fourth-order valence-electron chi connectivity index (χ4n) is 2.56. The maximum atomic E-state index is 5.56. The second-order valence-electron chi connectivity index (χ2n) is 5.39. The molecule has 0 fully saturated rings. The van der Waals surface area contributed by atoms with E-state index in [9.17, 15) is 0 Å². The molecule has 0 amide bonds. The van der Waals surface area contributed by atoms with Gasteiger partial charge in [0.25, 0.3) is 0 Å². The number of aliphatic imine (C=N–C) groups is 1. The largest absolute Gasteiger partial charge is 0.468 e. The minimum absolute atomic E-state index is 0.222. The van der Waals surface area contributed by atoms with Gasteiger partial charge in [-0.2, -0.15) is 0 Å². The number of benzene rings is 2. The first-order chi connectivity index (χ1) is 11.9. The van der Waals surface area contributed by atoms with E-state index in [1.54, 1.807) is 7.11 Å². The fourth-order valence-corrected chi connectivity index (χ4v) is 2.56. The minimum atomic E-state index is 0.222. The monoisotopic (exact) mass is 326 g/mol. The zero-order valence-electron chi connectivity index (χ0n) is 13.8. The summed E-state index contributed by atoms with van der Waals surface area (Å²) in [5, 5.41) is 3.34. The van der Waals surface area contributed by atoms with Gasteiger partial charge in [0.1, 0.15) is 11.6 Å². The van der Waals surface area contributed by atoms with E-state index in [2.05, 4.69) is 34.6 Å². The van der Waals surface area contributed by atoms with Gasteiger partial charge in [-0.3, -0.25) is 4.99 Å². The lowest BCUT2D eigenvalue weighted by Crippen LogP contribution is -2.20. The number of methoxy groups -OCH3 is 1. The first-order valence-corrected chi connectivity index (χ1v) is 8.06. The number of nitrogens with zero attached hydrogens (tertiary/aromatic N) is 1. The second-order valence-corrected chi connectivity index (χ2v) is 5.39. The summed E-state index contributed by atoms with van der Waals surface area (Å²) in [6.45, 7) is 3.05. The summed E-state index contributed by atoms with van der Waals surface area (Å²) in [5.41, 5.74) is 3.43. The summed E-state index contributed by atoms with van der Waals surface area (Å²) in [5.74, 6) is 1.75. The number of hydrogen-bond donors (Lipinski definition) is 1. The predicted molar refractivity (Wildman–Crippen MR) is 94.6 cm³/mol. The third-order valence-corrected chi connectivity index (χ3v) is 3.76. The molecule has 0 atom stereocenters. The standard InChI is InChI=1S/C19H22N2O3/c1-22-12-13-23-14-24-16-8-6-15(7-9-16)17-4-2-3-5-18(17)19-20-10-11-21-19/h2-9H,10-14H2,1H3,(H,20,21). The highest BCUT2D eigenvalue weighted by Crippen LogP contribution is 2.26. The maximum Gasteiger partial charge on any atom is 0.189 e. The van der Waals surface area contributed by atoms with Gasteiger partial charge in [-0.1, -0.05) is 36.4 Å². The lowest BCUT2D eigenvalue weighted by Gasteiger charge is -2.11. The summed E-state index contributed by atoms with van der Waals surface area (Å²) >= 11 is 0. The molecule has 1 N–H and O–H groups in total. The van der Waals surface area contributed by atoms with Gasteiger partial charge in [-0.05, 0) is 23.3 Å². The molecular weight excluding hydrogens is 304 g/mol. The van der Waals surface area contributed by atoms with Crippen LogP contribution in [0.5, 0.6) is 5.75 Å². The Morgan fingerprint density at radius 3 is 2.50 bits per heavy atom. The Bertz CT molecular complexity index is 683. The third-order valence-electron chi connectivity index (χ3n) is 3.76. The van der Waals surface area contributed by atoms with E-state index in [4.69, 9.17) is 14.2 Å². The van der Waals surface area contributed by atoms with Crippen LogP contribution in [0.1, 0.15) is 5.56 Å². The Morgan fingerprint density at radius 2 is 1.79 bits per heavy atom. The van der Waals surface area contributed by atoms with E-state index in [1.807, 2.05) is 24.3 Å². The zero-order valence-corrected chi connectivity index (χ0v) is 13.8. The summed E-state index contributed by atoms with van der Waals surface area (Å²) < 4.78 is 15.8. The number of nitrogens with one attached hydrogen (secondary N) is 1. The molecule has 24 heavy (non-hydrogen) atoms.